The zero-order chi connectivity index (χ0) is 11.5. The summed E-state index contributed by atoms with van der Waals surface area (Å²) in [6, 6.07) is 6.38. The highest BCUT2D eigenvalue weighted by molar-refractivity contribution is 5.91. The van der Waals surface area contributed by atoms with Crippen LogP contribution < -0.4 is 0 Å². The van der Waals surface area contributed by atoms with Crippen LogP contribution in [0, 0.1) is 13.8 Å². The highest BCUT2D eigenvalue weighted by Gasteiger charge is 2.12. The van der Waals surface area contributed by atoms with Crippen molar-refractivity contribution in [2.24, 2.45) is 0 Å². The van der Waals surface area contributed by atoms with Crippen LogP contribution >= 0.6 is 0 Å². The number of aryl methyl sites for hydroxylation is 2. The Bertz CT molecular complexity index is 420. The predicted octanol–water partition coefficient (Wildman–Crippen LogP) is 3.53. The van der Waals surface area contributed by atoms with E-state index in [0.717, 1.165) is 25.7 Å². The largest absolute Gasteiger partial charge is 0.295 e. The molecule has 0 saturated heterocycles. The Morgan fingerprint density at radius 3 is 2.44 bits per heavy atom. The lowest BCUT2D eigenvalue weighted by atomic mass is 9.90. The van der Waals surface area contributed by atoms with Crippen molar-refractivity contribution in [1.29, 1.82) is 0 Å². The van der Waals surface area contributed by atoms with Crippen LogP contribution in [0.5, 0.6) is 0 Å². The van der Waals surface area contributed by atoms with Crippen LogP contribution in [0.1, 0.15) is 36.0 Å². The number of hydrogen-bond donors (Lipinski definition) is 0. The van der Waals surface area contributed by atoms with Gasteiger partial charge in [0, 0.05) is 6.42 Å². The highest BCUT2D eigenvalue weighted by Crippen LogP contribution is 2.23. The lowest BCUT2D eigenvalue weighted by Gasteiger charge is -2.15. The van der Waals surface area contributed by atoms with Crippen LogP contribution in [-0.2, 0) is 11.2 Å². The van der Waals surface area contributed by atoms with Crippen LogP contribution in [0.4, 0.5) is 0 Å². The number of benzene rings is 1. The summed E-state index contributed by atoms with van der Waals surface area (Å²) in [5.41, 5.74) is 5.36. The summed E-state index contributed by atoms with van der Waals surface area (Å²) in [5, 5.41) is 0. The quantitative estimate of drug-likeness (QED) is 0.736. The van der Waals surface area contributed by atoms with E-state index < -0.39 is 0 Å². The zero-order valence-corrected chi connectivity index (χ0v) is 10.0. The van der Waals surface area contributed by atoms with E-state index in [-0.39, 0.29) is 0 Å². The topological polar surface area (TPSA) is 17.1 Å². The molecule has 84 valence electrons. The summed E-state index contributed by atoms with van der Waals surface area (Å²) >= 11 is 0. The molecule has 2 rings (SSSR count). The average Bonchev–Trinajstić information content (AvgIpc) is 2.24. The molecule has 0 amide bonds. The standard InChI is InChI=1S/C15H18O/c1-11-5-3-6-12(2)15(11)10-13-7-4-8-14(16)9-13/h3,5-6,9H,4,7-8,10H2,1-2H3. The van der Waals surface area contributed by atoms with Crippen molar-refractivity contribution in [3.63, 3.8) is 0 Å². The van der Waals surface area contributed by atoms with Crippen LogP contribution in [0.15, 0.2) is 29.8 Å². The molecule has 0 N–H and O–H groups in total. The lowest BCUT2D eigenvalue weighted by Crippen LogP contribution is -2.06. The third-order valence-corrected chi connectivity index (χ3v) is 3.33. The summed E-state index contributed by atoms with van der Waals surface area (Å²) in [7, 11) is 0. The van der Waals surface area contributed by atoms with E-state index in [1.807, 2.05) is 6.08 Å². The molecular weight excluding hydrogens is 196 g/mol. The second kappa shape index (κ2) is 4.65. The fourth-order valence-electron chi connectivity index (χ4n) is 2.36. The smallest absolute Gasteiger partial charge is 0.155 e. The van der Waals surface area contributed by atoms with E-state index in [1.165, 1.54) is 22.3 Å². The minimum atomic E-state index is 0.299. The predicted molar refractivity (Wildman–Crippen MR) is 66.6 cm³/mol. The van der Waals surface area contributed by atoms with Crippen LogP contribution in [-0.4, -0.2) is 5.78 Å². The summed E-state index contributed by atoms with van der Waals surface area (Å²) in [5.74, 6) is 0.299. The number of carbonyl (C=O) groups is 1. The normalized spacial score (nSPS) is 16.1. The first-order valence-corrected chi connectivity index (χ1v) is 5.94. The molecule has 0 spiro atoms. The Kier molecular flexibility index (Phi) is 3.23. The summed E-state index contributed by atoms with van der Waals surface area (Å²) in [6.45, 7) is 4.29. The second-order valence-electron chi connectivity index (χ2n) is 4.67. The van der Waals surface area contributed by atoms with Crippen molar-refractivity contribution in [3.8, 4) is 0 Å². The van der Waals surface area contributed by atoms with E-state index in [9.17, 15) is 4.79 Å². The Labute approximate surface area is 97.2 Å². The molecule has 0 unspecified atom stereocenters. The average molecular weight is 214 g/mol. The molecule has 0 bridgehead atoms. The first-order valence-electron chi connectivity index (χ1n) is 5.94. The first-order chi connectivity index (χ1) is 7.66. The minimum Gasteiger partial charge on any atom is -0.295 e. The molecule has 0 aromatic heterocycles. The maximum Gasteiger partial charge on any atom is 0.155 e. The molecule has 1 heteroatoms. The molecule has 0 atom stereocenters. The molecule has 1 aliphatic carbocycles. The van der Waals surface area contributed by atoms with Gasteiger partial charge in [-0.25, -0.2) is 0 Å². The minimum absolute atomic E-state index is 0.299. The fourth-order valence-corrected chi connectivity index (χ4v) is 2.36. The number of hydrogen-bond acceptors (Lipinski definition) is 1. The Balaban J connectivity index is 2.24. The molecule has 0 radical (unpaired) electrons. The number of carbonyl (C=O) groups excluding carboxylic acids is 1. The Morgan fingerprint density at radius 2 is 1.81 bits per heavy atom. The van der Waals surface area contributed by atoms with Crippen molar-refractivity contribution in [1.82, 2.24) is 0 Å². The summed E-state index contributed by atoms with van der Waals surface area (Å²) in [4.78, 5) is 11.4. The molecule has 1 aromatic rings. The second-order valence-corrected chi connectivity index (χ2v) is 4.67. The van der Waals surface area contributed by atoms with Crippen molar-refractivity contribution in [3.05, 3.63) is 46.5 Å². The first kappa shape index (κ1) is 11.1. The van der Waals surface area contributed by atoms with Crippen molar-refractivity contribution >= 4 is 5.78 Å². The molecule has 0 saturated carbocycles. The maximum absolute atomic E-state index is 11.4. The van der Waals surface area contributed by atoms with E-state index in [4.69, 9.17) is 0 Å². The van der Waals surface area contributed by atoms with Gasteiger partial charge in [-0.2, -0.15) is 0 Å². The summed E-state index contributed by atoms with van der Waals surface area (Å²) in [6.07, 6.45) is 5.64. The highest BCUT2D eigenvalue weighted by atomic mass is 16.1. The molecule has 0 aliphatic heterocycles. The third-order valence-electron chi connectivity index (χ3n) is 3.33. The third kappa shape index (κ3) is 2.41. The maximum atomic E-state index is 11.4. The Morgan fingerprint density at radius 1 is 1.12 bits per heavy atom. The number of allylic oxidation sites excluding steroid dienone is 2. The van der Waals surface area contributed by atoms with Crippen molar-refractivity contribution in [2.45, 2.75) is 39.5 Å². The van der Waals surface area contributed by atoms with Crippen LogP contribution in [0.3, 0.4) is 0 Å². The molecule has 16 heavy (non-hydrogen) atoms. The van der Waals surface area contributed by atoms with Gasteiger partial charge in [0.25, 0.3) is 0 Å². The van der Waals surface area contributed by atoms with E-state index in [1.54, 1.807) is 0 Å². The van der Waals surface area contributed by atoms with Crippen LogP contribution in [0.25, 0.3) is 0 Å². The van der Waals surface area contributed by atoms with Gasteiger partial charge in [0.05, 0.1) is 0 Å². The lowest BCUT2D eigenvalue weighted by molar-refractivity contribution is -0.115. The molecule has 0 fully saturated rings. The van der Waals surface area contributed by atoms with Crippen molar-refractivity contribution in [2.75, 3.05) is 0 Å². The van der Waals surface area contributed by atoms with Gasteiger partial charge in [-0.3, -0.25) is 4.79 Å². The monoisotopic (exact) mass is 214 g/mol. The summed E-state index contributed by atoms with van der Waals surface area (Å²) < 4.78 is 0. The van der Waals surface area contributed by atoms with E-state index in [2.05, 4.69) is 32.0 Å². The number of rotatable bonds is 2. The fraction of sp³-hybridized carbons (Fsp3) is 0.400. The Hall–Kier alpha value is -1.37. The molecule has 1 aliphatic rings. The van der Waals surface area contributed by atoms with Gasteiger partial charge in [0.15, 0.2) is 5.78 Å². The SMILES string of the molecule is Cc1cccc(C)c1CC1=CC(=O)CCC1. The molecule has 1 aromatic carbocycles. The number of ketones is 1. The van der Waals surface area contributed by atoms with Gasteiger partial charge in [0.2, 0.25) is 0 Å². The molecule has 0 heterocycles. The van der Waals surface area contributed by atoms with E-state index in [0.29, 0.717) is 5.78 Å². The van der Waals surface area contributed by atoms with Gasteiger partial charge in [-0.05, 0) is 55.9 Å². The van der Waals surface area contributed by atoms with Crippen molar-refractivity contribution < 1.29 is 4.79 Å². The van der Waals surface area contributed by atoms with Gasteiger partial charge in [-0.1, -0.05) is 23.8 Å². The zero-order valence-electron chi connectivity index (χ0n) is 10.0. The van der Waals surface area contributed by atoms with Crippen LogP contribution in [0.2, 0.25) is 0 Å². The van der Waals surface area contributed by atoms with Gasteiger partial charge >= 0.3 is 0 Å². The van der Waals surface area contributed by atoms with Gasteiger partial charge in [-0.15, -0.1) is 0 Å². The van der Waals surface area contributed by atoms with E-state index >= 15 is 0 Å². The molecule has 1 nitrogen and oxygen atoms in total. The molecular formula is C15H18O. The van der Waals surface area contributed by atoms with Gasteiger partial charge in [0.1, 0.15) is 0 Å². The van der Waals surface area contributed by atoms with Gasteiger partial charge < -0.3 is 0 Å².